The molecule has 0 spiro atoms. The molecule has 0 saturated heterocycles. The number of nitrogens with zero attached hydrogens (tertiary/aromatic N) is 4. The molecule has 0 fully saturated rings. The van der Waals surface area contributed by atoms with Crippen molar-refractivity contribution in [1.29, 1.82) is 21.0 Å². The largest absolute Gasteiger partial charge is 0.196 e. The molecular weight excluding hydrogens is 296 g/mol. The van der Waals surface area contributed by atoms with Crippen molar-refractivity contribution in [2.24, 2.45) is 10.8 Å². The second kappa shape index (κ2) is 5.55. The van der Waals surface area contributed by atoms with Gasteiger partial charge in [-0.2, -0.15) is 21.0 Å². The summed E-state index contributed by atoms with van der Waals surface area (Å²) in [7, 11) is 0. The average Bonchev–Trinajstić information content (AvgIpc) is 2.66. The fraction of sp³-hybridized carbons (Fsp3) is 0.200. The molecule has 0 aliphatic heterocycles. The molecule has 0 saturated carbocycles. The molecule has 4 nitrogen and oxygen atoms in total. The van der Waals surface area contributed by atoms with Crippen molar-refractivity contribution in [3.8, 4) is 24.3 Å². The predicted octanol–water partition coefficient (Wildman–Crippen LogP) is 3.44. The first-order valence-corrected chi connectivity index (χ1v) is 7.46. The average molecular weight is 308 g/mol. The highest BCUT2D eigenvalue weighted by molar-refractivity contribution is 5.54. The summed E-state index contributed by atoms with van der Waals surface area (Å²) in [5.41, 5.74) is -1.08. The molecular formula is C20H12N4. The lowest BCUT2D eigenvalue weighted by Crippen LogP contribution is -2.48. The minimum atomic E-state index is -1.77. The zero-order chi connectivity index (χ0) is 17.2. The summed E-state index contributed by atoms with van der Waals surface area (Å²) in [6.45, 7) is 0. The van der Waals surface area contributed by atoms with Gasteiger partial charge >= 0.3 is 0 Å². The molecule has 0 bridgehead atoms. The van der Waals surface area contributed by atoms with Crippen molar-refractivity contribution in [3.63, 3.8) is 0 Å². The Labute approximate surface area is 140 Å². The van der Waals surface area contributed by atoms with E-state index in [9.17, 15) is 21.0 Å². The quantitative estimate of drug-likeness (QED) is 0.806. The van der Waals surface area contributed by atoms with E-state index in [4.69, 9.17) is 0 Å². The number of benzene rings is 2. The van der Waals surface area contributed by atoms with E-state index in [1.807, 2.05) is 78.9 Å². The number of rotatable bonds is 1. The van der Waals surface area contributed by atoms with E-state index in [-0.39, 0.29) is 6.42 Å². The van der Waals surface area contributed by atoms with Gasteiger partial charge in [0.15, 0.2) is 10.8 Å². The molecule has 0 aromatic heterocycles. The minimum Gasteiger partial charge on any atom is -0.196 e. The van der Waals surface area contributed by atoms with E-state index in [1.165, 1.54) is 0 Å². The van der Waals surface area contributed by atoms with Crippen LogP contribution in [0, 0.1) is 56.2 Å². The lowest BCUT2D eigenvalue weighted by Gasteiger charge is -2.43. The summed E-state index contributed by atoms with van der Waals surface area (Å²) in [5.74, 6) is -0.655. The van der Waals surface area contributed by atoms with E-state index >= 15 is 0 Å². The van der Waals surface area contributed by atoms with Crippen LogP contribution in [0.3, 0.4) is 0 Å². The van der Waals surface area contributed by atoms with Crippen LogP contribution in [0.15, 0.2) is 54.6 Å². The Kier molecular flexibility index (Phi) is 3.54. The Morgan fingerprint density at radius 3 is 1.92 bits per heavy atom. The van der Waals surface area contributed by atoms with Crippen LogP contribution >= 0.6 is 0 Å². The maximum absolute atomic E-state index is 9.92. The number of nitriles is 4. The van der Waals surface area contributed by atoms with E-state index in [0.29, 0.717) is 0 Å². The normalized spacial score (nSPS) is 19.6. The second-order valence-electron chi connectivity index (χ2n) is 5.88. The Bertz CT molecular complexity index is 920. The SMILES string of the molecule is N#CC1(C#N)Cc2ccccc2C(c2ccccc2)C1(C#N)C#N. The zero-order valence-electron chi connectivity index (χ0n) is 12.8. The lowest BCUT2D eigenvalue weighted by molar-refractivity contribution is 0.244. The Balaban J connectivity index is 2.43. The first kappa shape index (κ1) is 15.3. The van der Waals surface area contributed by atoms with Gasteiger partial charge in [-0.05, 0) is 16.7 Å². The second-order valence-corrected chi connectivity index (χ2v) is 5.88. The van der Waals surface area contributed by atoms with E-state index in [1.54, 1.807) is 0 Å². The number of hydrogen-bond donors (Lipinski definition) is 0. The van der Waals surface area contributed by atoms with Gasteiger partial charge in [0, 0.05) is 12.3 Å². The Morgan fingerprint density at radius 1 is 0.750 bits per heavy atom. The van der Waals surface area contributed by atoms with Crippen molar-refractivity contribution in [2.45, 2.75) is 12.3 Å². The van der Waals surface area contributed by atoms with Crippen molar-refractivity contribution in [1.82, 2.24) is 0 Å². The summed E-state index contributed by atoms with van der Waals surface area (Å²) in [4.78, 5) is 0. The maximum atomic E-state index is 9.92. The summed E-state index contributed by atoms with van der Waals surface area (Å²) in [6.07, 6.45) is 0.0701. The van der Waals surface area contributed by atoms with Crippen LogP contribution in [-0.2, 0) is 6.42 Å². The van der Waals surface area contributed by atoms with E-state index in [0.717, 1.165) is 16.7 Å². The molecule has 24 heavy (non-hydrogen) atoms. The monoisotopic (exact) mass is 308 g/mol. The Morgan fingerprint density at radius 2 is 1.33 bits per heavy atom. The summed E-state index contributed by atoms with van der Waals surface area (Å²) < 4.78 is 0. The first-order valence-electron chi connectivity index (χ1n) is 7.46. The van der Waals surface area contributed by atoms with Crippen LogP contribution in [0.4, 0.5) is 0 Å². The van der Waals surface area contributed by atoms with Gasteiger partial charge in [0.05, 0.1) is 24.3 Å². The summed E-state index contributed by atoms with van der Waals surface area (Å²) in [5, 5.41) is 39.4. The molecule has 0 amide bonds. The van der Waals surface area contributed by atoms with Crippen molar-refractivity contribution in [3.05, 3.63) is 71.3 Å². The number of fused-ring (bicyclic) bond motifs is 1. The van der Waals surface area contributed by atoms with Gasteiger partial charge in [0.25, 0.3) is 0 Å². The summed E-state index contributed by atoms with van der Waals surface area (Å²) >= 11 is 0. The molecule has 0 radical (unpaired) electrons. The fourth-order valence-electron chi connectivity index (χ4n) is 3.58. The molecule has 1 unspecified atom stereocenters. The van der Waals surface area contributed by atoms with Gasteiger partial charge < -0.3 is 0 Å². The lowest BCUT2D eigenvalue weighted by atomic mass is 9.51. The summed E-state index contributed by atoms with van der Waals surface area (Å²) in [6, 6.07) is 24.6. The van der Waals surface area contributed by atoms with Crippen molar-refractivity contribution >= 4 is 0 Å². The molecule has 4 heteroatoms. The first-order chi connectivity index (χ1) is 11.7. The van der Waals surface area contributed by atoms with Crippen LogP contribution in [0.25, 0.3) is 0 Å². The minimum absolute atomic E-state index is 0.0701. The molecule has 112 valence electrons. The molecule has 1 aliphatic carbocycles. The highest BCUT2D eigenvalue weighted by Gasteiger charge is 2.62. The molecule has 0 heterocycles. The number of hydrogen-bond acceptors (Lipinski definition) is 4. The third kappa shape index (κ3) is 1.82. The van der Waals surface area contributed by atoms with Crippen LogP contribution in [0.2, 0.25) is 0 Å². The molecule has 2 aromatic carbocycles. The van der Waals surface area contributed by atoms with Crippen LogP contribution in [-0.4, -0.2) is 0 Å². The van der Waals surface area contributed by atoms with E-state index < -0.39 is 16.7 Å². The van der Waals surface area contributed by atoms with Crippen molar-refractivity contribution < 1.29 is 0 Å². The fourth-order valence-corrected chi connectivity index (χ4v) is 3.58. The van der Waals surface area contributed by atoms with Gasteiger partial charge in [-0.3, -0.25) is 0 Å². The third-order valence-electron chi connectivity index (χ3n) is 4.80. The predicted molar refractivity (Wildman–Crippen MR) is 85.7 cm³/mol. The standard InChI is InChI=1S/C20H12N4/c21-11-19(12-22)10-16-8-4-5-9-17(16)18(20(19,13-23)14-24)15-6-2-1-3-7-15/h1-9,18H,10H2. The van der Waals surface area contributed by atoms with E-state index in [2.05, 4.69) is 0 Å². The smallest absolute Gasteiger partial charge is 0.186 e. The third-order valence-corrected chi connectivity index (χ3v) is 4.80. The van der Waals surface area contributed by atoms with Crippen molar-refractivity contribution in [2.75, 3.05) is 0 Å². The highest BCUT2D eigenvalue weighted by Crippen LogP contribution is 2.57. The van der Waals surface area contributed by atoms with Gasteiger partial charge in [-0.15, -0.1) is 0 Å². The van der Waals surface area contributed by atoms with Gasteiger partial charge in [0.1, 0.15) is 0 Å². The van der Waals surface area contributed by atoms with Crippen LogP contribution in [0.1, 0.15) is 22.6 Å². The molecule has 2 aromatic rings. The topological polar surface area (TPSA) is 95.2 Å². The molecule has 0 N–H and O–H groups in total. The van der Waals surface area contributed by atoms with Gasteiger partial charge in [0.2, 0.25) is 0 Å². The highest BCUT2D eigenvalue weighted by atomic mass is 14.6. The molecule has 3 rings (SSSR count). The van der Waals surface area contributed by atoms with Crippen LogP contribution < -0.4 is 0 Å². The van der Waals surface area contributed by atoms with Crippen LogP contribution in [0.5, 0.6) is 0 Å². The molecule has 1 atom stereocenters. The Hall–Kier alpha value is -3.60. The maximum Gasteiger partial charge on any atom is 0.186 e. The zero-order valence-corrected chi connectivity index (χ0v) is 12.8. The molecule has 1 aliphatic rings. The van der Waals surface area contributed by atoms with Gasteiger partial charge in [-0.1, -0.05) is 54.6 Å². The van der Waals surface area contributed by atoms with Gasteiger partial charge in [-0.25, -0.2) is 0 Å².